The predicted molar refractivity (Wildman–Crippen MR) is 115 cm³/mol. The molecule has 3 aromatic rings. The second-order valence-electron chi connectivity index (χ2n) is 7.21. The van der Waals surface area contributed by atoms with E-state index in [4.69, 9.17) is 4.74 Å². The van der Waals surface area contributed by atoms with Crippen molar-refractivity contribution >= 4 is 23.3 Å². The maximum Gasteiger partial charge on any atom is 0.265 e. The molecule has 0 saturated carbocycles. The molecule has 2 amide bonds. The number of carbonyl (C=O) groups is 3. The summed E-state index contributed by atoms with van der Waals surface area (Å²) in [4.78, 5) is 42.4. The van der Waals surface area contributed by atoms with Crippen molar-refractivity contribution < 1.29 is 19.1 Å². The molecule has 0 spiro atoms. The number of amides is 2. The Balaban J connectivity index is 1.46. The molecular weight excluding hydrogens is 394 g/mol. The van der Waals surface area contributed by atoms with E-state index in [1.54, 1.807) is 41.4 Å². The number of carbonyl (C=O) groups excluding carboxylic acids is 3. The number of rotatable bonds is 6. The fraction of sp³-hybridized carbons (Fsp3) is 0.167. The molecule has 2 aromatic carbocycles. The molecule has 0 aliphatic carbocycles. The van der Waals surface area contributed by atoms with Gasteiger partial charge in [-0.25, -0.2) is 0 Å². The van der Waals surface area contributed by atoms with E-state index in [-0.39, 0.29) is 24.2 Å². The third-order valence-electron chi connectivity index (χ3n) is 5.02. The topological polar surface area (TPSA) is 88.6 Å². The van der Waals surface area contributed by atoms with Crippen LogP contribution < -0.4 is 15.0 Å². The lowest BCUT2D eigenvalue weighted by Gasteiger charge is -2.29. The molecule has 1 aliphatic rings. The van der Waals surface area contributed by atoms with Gasteiger partial charge in [-0.2, -0.15) is 0 Å². The second kappa shape index (κ2) is 8.79. The fourth-order valence-electron chi connectivity index (χ4n) is 3.31. The molecule has 0 atom stereocenters. The van der Waals surface area contributed by atoms with Crippen molar-refractivity contribution in [1.82, 2.24) is 10.3 Å². The van der Waals surface area contributed by atoms with Gasteiger partial charge in [0, 0.05) is 17.3 Å². The summed E-state index contributed by atoms with van der Waals surface area (Å²) in [5.41, 5.74) is 3.24. The first-order valence-corrected chi connectivity index (χ1v) is 9.86. The minimum absolute atomic E-state index is 0.0551. The number of fused-ring (bicyclic) bond motifs is 1. The molecule has 0 unspecified atom stereocenters. The second-order valence-corrected chi connectivity index (χ2v) is 7.21. The number of aromatic nitrogens is 1. The molecule has 4 rings (SSSR count). The van der Waals surface area contributed by atoms with Crippen molar-refractivity contribution in [3.8, 4) is 5.75 Å². The SMILES string of the molecule is CC(=O)c1ccc2c(c1)N(Cc1ccc(C(=O)NCc3ccccn3)cc1)C(=O)CO2. The number of pyridine rings is 1. The summed E-state index contributed by atoms with van der Waals surface area (Å²) >= 11 is 0. The van der Waals surface area contributed by atoms with E-state index in [0.717, 1.165) is 11.3 Å². The molecular formula is C24H21N3O4. The molecule has 0 bridgehead atoms. The summed E-state index contributed by atoms with van der Waals surface area (Å²) in [7, 11) is 0. The van der Waals surface area contributed by atoms with Crippen LogP contribution in [0.2, 0.25) is 0 Å². The van der Waals surface area contributed by atoms with Crippen LogP contribution in [0.15, 0.2) is 66.9 Å². The Bertz CT molecular complexity index is 1130. The molecule has 0 fully saturated rings. The van der Waals surface area contributed by atoms with Gasteiger partial charge in [0.2, 0.25) is 0 Å². The van der Waals surface area contributed by atoms with E-state index in [2.05, 4.69) is 10.3 Å². The van der Waals surface area contributed by atoms with Crippen LogP contribution in [-0.2, 0) is 17.9 Å². The monoisotopic (exact) mass is 415 g/mol. The van der Waals surface area contributed by atoms with Gasteiger partial charge in [-0.1, -0.05) is 18.2 Å². The normalized spacial score (nSPS) is 12.7. The van der Waals surface area contributed by atoms with Gasteiger partial charge in [-0.05, 0) is 55.0 Å². The van der Waals surface area contributed by atoms with Crippen molar-refractivity contribution in [3.63, 3.8) is 0 Å². The van der Waals surface area contributed by atoms with Crippen LogP contribution in [-0.4, -0.2) is 29.2 Å². The molecule has 7 nitrogen and oxygen atoms in total. The first-order valence-electron chi connectivity index (χ1n) is 9.86. The van der Waals surface area contributed by atoms with E-state index < -0.39 is 0 Å². The van der Waals surface area contributed by atoms with E-state index in [0.29, 0.717) is 35.7 Å². The highest BCUT2D eigenvalue weighted by Gasteiger charge is 2.26. The average molecular weight is 415 g/mol. The summed E-state index contributed by atoms with van der Waals surface area (Å²) in [5, 5.41) is 2.84. The Morgan fingerprint density at radius 1 is 1.06 bits per heavy atom. The van der Waals surface area contributed by atoms with E-state index >= 15 is 0 Å². The zero-order valence-electron chi connectivity index (χ0n) is 17.0. The van der Waals surface area contributed by atoms with Gasteiger partial charge < -0.3 is 15.0 Å². The smallest absolute Gasteiger partial charge is 0.265 e. The van der Waals surface area contributed by atoms with E-state index in [1.165, 1.54) is 6.92 Å². The van der Waals surface area contributed by atoms with Crippen LogP contribution >= 0.6 is 0 Å². The van der Waals surface area contributed by atoms with Crippen molar-refractivity contribution in [1.29, 1.82) is 0 Å². The number of ketones is 1. The molecule has 0 saturated heterocycles. The first-order chi connectivity index (χ1) is 15.0. The van der Waals surface area contributed by atoms with Crippen molar-refractivity contribution in [2.45, 2.75) is 20.0 Å². The number of Topliss-reactive ketones (excluding diaryl/α,β-unsaturated/α-hetero) is 1. The minimum atomic E-state index is -0.198. The lowest BCUT2D eigenvalue weighted by Crippen LogP contribution is -2.38. The Kier molecular flexibility index (Phi) is 5.75. The maximum atomic E-state index is 12.5. The van der Waals surface area contributed by atoms with Gasteiger partial charge >= 0.3 is 0 Å². The van der Waals surface area contributed by atoms with Crippen molar-refractivity contribution in [2.75, 3.05) is 11.5 Å². The Labute approximate surface area is 179 Å². The summed E-state index contributed by atoms with van der Waals surface area (Å²) in [6, 6.07) is 17.7. The quantitative estimate of drug-likeness (QED) is 0.625. The predicted octanol–water partition coefficient (Wildman–Crippen LogP) is 3.14. The van der Waals surface area contributed by atoms with Crippen LogP contribution in [0.3, 0.4) is 0 Å². The number of nitrogens with zero attached hydrogens (tertiary/aromatic N) is 2. The van der Waals surface area contributed by atoms with Gasteiger partial charge in [0.25, 0.3) is 11.8 Å². The Hall–Kier alpha value is -4.00. The minimum Gasteiger partial charge on any atom is -0.482 e. The van der Waals surface area contributed by atoms with Gasteiger partial charge in [0.05, 0.1) is 24.5 Å². The van der Waals surface area contributed by atoms with Crippen LogP contribution in [0.4, 0.5) is 5.69 Å². The Morgan fingerprint density at radius 3 is 2.55 bits per heavy atom. The number of ether oxygens (including phenoxy) is 1. The summed E-state index contributed by atoms with van der Waals surface area (Å²) < 4.78 is 5.49. The van der Waals surface area contributed by atoms with Crippen LogP contribution in [0.5, 0.6) is 5.75 Å². The van der Waals surface area contributed by atoms with Crippen LogP contribution in [0.1, 0.15) is 38.9 Å². The third kappa shape index (κ3) is 4.61. The first kappa shape index (κ1) is 20.3. The number of anilines is 1. The summed E-state index contributed by atoms with van der Waals surface area (Å²) in [6.45, 7) is 2.08. The maximum absolute atomic E-state index is 12.5. The highest BCUT2D eigenvalue weighted by atomic mass is 16.5. The molecule has 2 heterocycles. The van der Waals surface area contributed by atoms with E-state index in [9.17, 15) is 14.4 Å². The number of hydrogen-bond donors (Lipinski definition) is 1. The van der Waals surface area contributed by atoms with Crippen molar-refractivity contribution in [2.24, 2.45) is 0 Å². The summed E-state index contributed by atoms with van der Waals surface area (Å²) in [6.07, 6.45) is 1.68. The number of hydrogen-bond acceptors (Lipinski definition) is 5. The van der Waals surface area contributed by atoms with Crippen molar-refractivity contribution in [3.05, 3.63) is 89.2 Å². The standard InChI is InChI=1S/C24H21N3O4/c1-16(28)19-9-10-22-21(12-19)27(23(29)15-31-22)14-17-5-7-18(8-6-17)24(30)26-13-20-4-2-3-11-25-20/h2-12H,13-15H2,1H3,(H,26,30). The average Bonchev–Trinajstić information content (AvgIpc) is 2.80. The molecule has 156 valence electrons. The zero-order chi connectivity index (χ0) is 21.8. The van der Waals surface area contributed by atoms with Gasteiger partial charge in [-0.3, -0.25) is 19.4 Å². The molecule has 31 heavy (non-hydrogen) atoms. The zero-order valence-corrected chi connectivity index (χ0v) is 17.0. The summed E-state index contributed by atoms with van der Waals surface area (Å²) in [5.74, 6) is 0.0958. The largest absolute Gasteiger partial charge is 0.482 e. The lowest BCUT2D eigenvalue weighted by atomic mass is 10.1. The van der Waals surface area contributed by atoms with Gasteiger partial charge in [0.1, 0.15) is 5.75 Å². The molecule has 1 aliphatic heterocycles. The third-order valence-corrected chi connectivity index (χ3v) is 5.02. The van der Waals surface area contributed by atoms with E-state index in [1.807, 2.05) is 30.3 Å². The van der Waals surface area contributed by atoms with Gasteiger partial charge in [0.15, 0.2) is 12.4 Å². The molecule has 0 radical (unpaired) electrons. The Morgan fingerprint density at radius 2 is 1.84 bits per heavy atom. The number of nitrogens with one attached hydrogen (secondary N) is 1. The molecule has 7 heteroatoms. The highest BCUT2D eigenvalue weighted by molar-refractivity contribution is 6.01. The van der Waals surface area contributed by atoms with Gasteiger partial charge in [-0.15, -0.1) is 0 Å². The fourth-order valence-corrected chi connectivity index (χ4v) is 3.31. The molecule has 1 N–H and O–H groups in total. The lowest BCUT2D eigenvalue weighted by molar-refractivity contribution is -0.121. The highest BCUT2D eigenvalue weighted by Crippen LogP contribution is 2.34. The molecule has 1 aromatic heterocycles. The van der Waals surface area contributed by atoms with Crippen LogP contribution in [0, 0.1) is 0 Å². The van der Waals surface area contributed by atoms with Crippen LogP contribution in [0.25, 0.3) is 0 Å². The number of benzene rings is 2.